The van der Waals surface area contributed by atoms with Gasteiger partial charge in [-0.05, 0) is 0 Å². The Bertz CT molecular complexity index is 265. The third-order valence-corrected chi connectivity index (χ3v) is 1.74. The van der Waals surface area contributed by atoms with Crippen molar-refractivity contribution in [3.63, 3.8) is 0 Å². The van der Waals surface area contributed by atoms with E-state index in [0.29, 0.717) is 0 Å². The largest absolute Gasteiger partial charge is 0.365 e. The molecule has 2 heterocycles. The van der Waals surface area contributed by atoms with Crippen LogP contribution in [0.1, 0.15) is 6.42 Å². The predicted molar refractivity (Wildman–Crippen MR) is 46.6 cm³/mol. The predicted octanol–water partition coefficient (Wildman–Crippen LogP) is 0.426. The van der Waals surface area contributed by atoms with E-state index in [1.54, 1.807) is 0 Å². The zero-order valence-electron chi connectivity index (χ0n) is 6.32. The molecule has 0 aromatic heterocycles. The Morgan fingerprint density at radius 3 is 3.17 bits per heavy atom. The van der Waals surface area contributed by atoms with Crippen LogP contribution >= 0.6 is 12.4 Å². The van der Waals surface area contributed by atoms with Crippen LogP contribution in [-0.4, -0.2) is 11.1 Å². The summed E-state index contributed by atoms with van der Waals surface area (Å²) in [6, 6.07) is 2.09. The van der Waals surface area contributed by atoms with Gasteiger partial charge in [0.25, 0.3) is 0 Å². The smallest absolute Gasteiger partial charge is 0.119 e. The highest BCUT2D eigenvalue weighted by Crippen LogP contribution is 2.18. The lowest BCUT2D eigenvalue weighted by molar-refractivity contribution is 0.380. The minimum Gasteiger partial charge on any atom is -0.365 e. The maximum atomic E-state index is 8.60. The van der Waals surface area contributed by atoms with Crippen LogP contribution < -0.4 is 10.7 Å². The van der Waals surface area contributed by atoms with Crippen LogP contribution in [0.25, 0.3) is 0 Å². The molecule has 0 amide bonds. The molecule has 2 aliphatic rings. The Morgan fingerprint density at radius 1 is 1.67 bits per heavy atom. The molecule has 0 spiro atoms. The number of nitrogens with one attached hydrogen (secondary N) is 2. The van der Waals surface area contributed by atoms with Crippen LogP contribution in [0.5, 0.6) is 0 Å². The zero-order valence-corrected chi connectivity index (χ0v) is 7.14. The van der Waals surface area contributed by atoms with E-state index in [4.69, 9.17) is 5.26 Å². The van der Waals surface area contributed by atoms with Gasteiger partial charge >= 0.3 is 0 Å². The highest BCUT2D eigenvalue weighted by molar-refractivity contribution is 5.85. The molecule has 1 unspecified atom stereocenters. The molecule has 1 fully saturated rings. The number of hydrogen-bond donors (Lipinski definition) is 2. The van der Waals surface area contributed by atoms with Gasteiger partial charge in [0.2, 0.25) is 0 Å². The van der Waals surface area contributed by atoms with Crippen molar-refractivity contribution < 1.29 is 0 Å². The first-order valence-electron chi connectivity index (χ1n) is 3.47. The fourth-order valence-electron chi connectivity index (χ4n) is 1.21. The van der Waals surface area contributed by atoms with E-state index in [-0.39, 0.29) is 18.4 Å². The summed E-state index contributed by atoms with van der Waals surface area (Å²) < 4.78 is 0. The molecule has 12 heavy (non-hydrogen) atoms. The van der Waals surface area contributed by atoms with Gasteiger partial charge in [0.05, 0.1) is 11.8 Å². The molecule has 2 rings (SSSR count). The van der Waals surface area contributed by atoms with E-state index >= 15 is 0 Å². The SMILES string of the molecule is Cl.N#CC1CC2=CNC=CN2N1. The Hall–Kier alpha value is -1.18. The lowest BCUT2D eigenvalue weighted by Gasteiger charge is -2.17. The van der Waals surface area contributed by atoms with Crippen LogP contribution in [0.15, 0.2) is 24.3 Å². The molecule has 0 bridgehead atoms. The summed E-state index contributed by atoms with van der Waals surface area (Å²) in [5.41, 5.74) is 4.13. The van der Waals surface area contributed by atoms with Crippen LogP contribution in [0, 0.1) is 11.3 Å². The number of nitriles is 1. The quantitative estimate of drug-likeness (QED) is 0.573. The number of fused-ring (bicyclic) bond motifs is 1. The highest BCUT2D eigenvalue weighted by atomic mass is 35.5. The first kappa shape index (κ1) is 8.91. The van der Waals surface area contributed by atoms with Gasteiger partial charge in [-0.25, -0.2) is 5.43 Å². The maximum Gasteiger partial charge on any atom is 0.119 e. The zero-order chi connectivity index (χ0) is 7.68. The van der Waals surface area contributed by atoms with Crippen LogP contribution in [-0.2, 0) is 0 Å². The Labute approximate surface area is 76.9 Å². The van der Waals surface area contributed by atoms with Crippen molar-refractivity contribution >= 4 is 12.4 Å². The van der Waals surface area contributed by atoms with E-state index in [9.17, 15) is 0 Å². The summed E-state index contributed by atoms with van der Waals surface area (Å²) in [4.78, 5) is 0. The number of rotatable bonds is 0. The van der Waals surface area contributed by atoms with Crippen LogP contribution in [0.4, 0.5) is 0 Å². The van der Waals surface area contributed by atoms with E-state index in [0.717, 1.165) is 12.1 Å². The number of hydrazine groups is 1. The van der Waals surface area contributed by atoms with Crippen LogP contribution in [0.2, 0.25) is 0 Å². The molecule has 0 saturated carbocycles. The molecule has 0 radical (unpaired) electrons. The first-order chi connectivity index (χ1) is 5.40. The molecule has 0 aromatic rings. The molecule has 5 heteroatoms. The second-order valence-corrected chi connectivity index (χ2v) is 2.50. The third-order valence-electron chi connectivity index (χ3n) is 1.74. The Morgan fingerprint density at radius 2 is 2.50 bits per heavy atom. The minimum absolute atomic E-state index is 0. The standard InChI is InChI=1S/C7H8N4.ClH/c8-4-6-3-7-5-9-1-2-11(7)10-6;/h1-2,5-6,9-10H,3H2;1H. The fraction of sp³-hybridized carbons (Fsp3) is 0.286. The van der Waals surface area contributed by atoms with Gasteiger partial charge in [-0.2, -0.15) is 5.26 Å². The van der Waals surface area contributed by atoms with Gasteiger partial charge < -0.3 is 5.32 Å². The lowest BCUT2D eigenvalue weighted by atomic mass is 10.2. The molecule has 2 aliphatic heterocycles. The van der Waals surface area contributed by atoms with Gasteiger partial charge in [-0.3, -0.25) is 5.01 Å². The molecular weight excluding hydrogens is 176 g/mol. The second-order valence-electron chi connectivity index (χ2n) is 2.50. The molecule has 64 valence electrons. The van der Waals surface area contributed by atoms with Gasteiger partial charge in [0.1, 0.15) is 6.04 Å². The summed E-state index contributed by atoms with van der Waals surface area (Å²) >= 11 is 0. The summed E-state index contributed by atoms with van der Waals surface area (Å²) in [7, 11) is 0. The van der Waals surface area contributed by atoms with Crippen molar-refractivity contribution in [2.75, 3.05) is 0 Å². The van der Waals surface area contributed by atoms with Crippen molar-refractivity contribution in [1.82, 2.24) is 15.8 Å². The molecular formula is C7H9ClN4. The van der Waals surface area contributed by atoms with Crippen molar-refractivity contribution in [1.29, 1.82) is 5.26 Å². The third kappa shape index (κ3) is 1.37. The summed E-state index contributed by atoms with van der Waals surface area (Å²) in [5, 5.41) is 13.4. The maximum absolute atomic E-state index is 8.60. The molecule has 0 aliphatic carbocycles. The van der Waals surface area contributed by atoms with Gasteiger partial charge in [-0.1, -0.05) is 0 Å². The number of halogens is 1. The molecule has 1 atom stereocenters. The first-order valence-corrected chi connectivity index (χ1v) is 3.47. The van der Waals surface area contributed by atoms with E-state index in [1.165, 1.54) is 0 Å². The summed E-state index contributed by atoms with van der Waals surface area (Å²) in [6.45, 7) is 0. The number of hydrogen-bond acceptors (Lipinski definition) is 4. The van der Waals surface area contributed by atoms with Gasteiger partial charge in [-0.15, -0.1) is 12.4 Å². The highest BCUT2D eigenvalue weighted by Gasteiger charge is 2.24. The average molecular weight is 185 g/mol. The van der Waals surface area contributed by atoms with Gasteiger partial charge in [0, 0.05) is 25.0 Å². The van der Waals surface area contributed by atoms with Crippen molar-refractivity contribution in [3.05, 3.63) is 24.3 Å². The normalized spacial score (nSPS) is 24.8. The van der Waals surface area contributed by atoms with E-state index in [1.807, 2.05) is 23.6 Å². The van der Waals surface area contributed by atoms with Crippen LogP contribution in [0.3, 0.4) is 0 Å². The number of nitrogens with zero attached hydrogens (tertiary/aromatic N) is 2. The summed E-state index contributed by atoms with van der Waals surface area (Å²) in [6.07, 6.45) is 6.35. The molecule has 4 nitrogen and oxygen atoms in total. The molecule has 1 saturated heterocycles. The van der Waals surface area contributed by atoms with Gasteiger partial charge in [0.15, 0.2) is 0 Å². The van der Waals surface area contributed by atoms with Crippen molar-refractivity contribution in [2.24, 2.45) is 0 Å². The second kappa shape index (κ2) is 3.48. The fourth-order valence-corrected chi connectivity index (χ4v) is 1.21. The average Bonchev–Trinajstić information content (AvgIpc) is 2.46. The van der Waals surface area contributed by atoms with E-state index < -0.39 is 0 Å². The van der Waals surface area contributed by atoms with Crippen molar-refractivity contribution in [2.45, 2.75) is 12.5 Å². The monoisotopic (exact) mass is 184 g/mol. The molecule has 2 N–H and O–H groups in total. The lowest BCUT2D eigenvalue weighted by Crippen LogP contribution is -2.31. The topological polar surface area (TPSA) is 51.1 Å². The minimum atomic E-state index is -0.0780. The van der Waals surface area contributed by atoms with E-state index in [2.05, 4.69) is 16.8 Å². The summed E-state index contributed by atoms with van der Waals surface area (Å²) in [5.74, 6) is 0. The van der Waals surface area contributed by atoms with Crippen molar-refractivity contribution in [3.8, 4) is 6.07 Å². The Balaban J connectivity index is 0.000000720. The Kier molecular flexibility index (Phi) is 2.58. The molecule has 0 aromatic carbocycles.